The summed E-state index contributed by atoms with van der Waals surface area (Å²) in [6, 6.07) is 9.98. The highest BCUT2D eigenvalue weighted by molar-refractivity contribution is 7.71. The molecular formula is C12H13N3S. The second-order valence-corrected chi connectivity index (χ2v) is 3.90. The van der Waals surface area contributed by atoms with Crippen LogP contribution in [0.15, 0.2) is 35.3 Å². The Balaban J connectivity index is 2.61. The molecule has 1 aromatic heterocycles. The van der Waals surface area contributed by atoms with Crippen molar-refractivity contribution in [3.63, 3.8) is 0 Å². The van der Waals surface area contributed by atoms with Crippen LogP contribution in [0.25, 0.3) is 5.69 Å². The van der Waals surface area contributed by atoms with Crippen molar-refractivity contribution < 1.29 is 0 Å². The zero-order valence-corrected chi connectivity index (χ0v) is 10.1. The molecule has 0 aliphatic rings. The van der Waals surface area contributed by atoms with Crippen LogP contribution in [-0.4, -0.2) is 23.0 Å². The number of hydrogen-bond donors (Lipinski definition) is 1. The van der Waals surface area contributed by atoms with Crippen LogP contribution in [0.2, 0.25) is 0 Å². The number of nitrogens with one attached hydrogen (secondary N) is 1. The minimum Gasteiger partial charge on any atom is -0.297 e. The fourth-order valence-corrected chi connectivity index (χ4v) is 1.96. The quantitative estimate of drug-likeness (QED) is 0.625. The summed E-state index contributed by atoms with van der Waals surface area (Å²) in [5.41, 5.74) is 3.03. The van der Waals surface area contributed by atoms with E-state index in [1.807, 2.05) is 41.9 Å². The number of hydrogen-bond acceptors (Lipinski definition) is 2. The van der Waals surface area contributed by atoms with Crippen LogP contribution in [-0.2, 0) is 0 Å². The molecule has 0 fully saturated rings. The van der Waals surface area contributed by atoms with E-state index in [-0.39, 0.29) is 0 Å². The predicted molar refractivity (Wildman–Crippen MR) is 69.2 cm³/mol. The van der Waals surface area contributed by atoms with Gasteiger partial charge in [0.1, 0.15) is 4.64 Å². The maximum absolute atomic E-state index is 5.40. The number of para-hydroxylation sites is 1. The SMILES string of the molecule is CN=Cc1c(C)[nH]n(-c2ccccc2)c1=S. The Morgan fingerprint density at radius 1 is 1.31 bits per heavy atom. The van der Waals surface area contributed by atoms with Crippen molar-refractivity contribution in [3.8, 4) is 5.69 Å². The van der Waals surface area contributed by atoms with Gasteiger partial charge in [-0.2, -0.15) is 0 Å². The van der Waals surface area contributed by atoms with E-state index in [1.54, 1.807) is 13.3 Å². The minimum atomic E-state index is 0.759. The molecule has 0 atom stereocenters. The zero-order valence-electron chi connectivity index (χ0n) is 9.27. The van der Waals surface area contributed by atoms with Gasteiger partial charge in [0, 0.05) is 24.5 Å². The first kappa shape index (κ1) is 10.8. The first-order valence-corrected chi connectivity index (χ1v) is 5.44. The van der Waals surface area contributed by atoms with Crippen molar-refractivity contribution in [1.82, 2.24) is 9.78 Å². The van der Waals surface area contributed by atoms with E-state index in [4.69, 9.17) is 12.2 Å². The maximum Gasteiger partial charge on any atom is 0.136 e. The summed E-state index contributed by atoms with van der Waals surface area (Å²) in [7, 11) is 1.74. The molecule has 2 aromatic rings. The van der Waals surface area contributed by atoms with Gasteiger partial charge in [-0.3, -0.25) is 10.1 Å². The Kier molecular flexibility index (Phi) is 3.01. The molecule has 0 spiro atoms. The minimum absolute atomic E-state index is 0.759. The second-order valence-electron chi connectivity index (χ2n) is 3.51. The molecule has 0 unspecified atom stereocenters. The van der Waals surface area contributed by atoms with Gasteiger partial charge in [0.2, 0.25) is 0 Å². The molecule has 3 nitrogen and oxygen atoms in total. The lowest BCUT2D eigenvalue weighted by Crippen LogP contribution is -1.95. The smallest absolute Gasteiger partial charge is 0.136 e. The third-order valence-corrected chi connectivity index (χ3v) is 2.79. The molecule has 0 saturated heterocycles. The molecule has 0 amide bonds. The topological polar surface area (TPSA) is 33.1 Å². The molecular weight excluding hydrogens is 218 g/mol. The van der Waals surface area contributed by atoms with Gasteiger partial charge >= 0.3 is 0 Å². The van der Waals surface area contributed by atoms with Crippen LogP contribution in [0, 0.1) is 11.6 Å². The third-order valence-electron chi connectivity index (χ3n) is 2.39. The number of nitrogens with zero attached hydrogens (tertiary/aromatic N) is 2. The average molecular weight is 231 g/mol. The summed E-state index contributed by atoms with van der Waals surface area (Å²) >= 11 is 5.40. The number of rotatable bonds is 2. The van der Waals surface area contributed by atoms with Gasteiger partial charge in [0.05, 0.1) is 5.69 Å². The monoisotopic (exact) mass is 231 g/mol. The number of aryl methyl sites for hydroxylation is 1. The summed E-state index contributed by atoms with van der Waals surface area (Å²) < 4.78 is 2.65. The van der Waals surface area contributed by atoms with Crippen LogP contribution in [0.3, 0.4) is 0 Å². The fraction of sp³-hybridized carbons (Fsp3) is 0.167. The third kappa shape index (κ3) is 1.84. The van der Waals surface area contributed by atoms with Gasteiger partial charge in [-0.05, 0) is 19.1 Å². The van der Waals surface area contributed by atoms with Gasteiger partial charge < -0.3 is 0 Å². The van der Waals surface area contributed by atoms with E-state index in [2.05, 4.69) is 10.1 Å². The van der Waals surface area contributed by atoms with Crippen molar-refractivity contribution in [2.75, 3.05) is 7.05 Å². The summed E-state index contributed by atoms with van der Waals surface area (Å²) in [4.78, 5) is 4.01. The Morgan fingerprint density at radius 2 is 2.00 bits per heavy atom. The first-order valence-electron chi connectivity index (χ1n) is 5.03. The standard InChI is InChI=1S/C12H13N3S/c1-9-11(8-13-2)12(16)15(14-9)10-6-4-3-5-7-10/h3-8,14H,1-2H3. The van der Waals surface area contributed by atoms with Crippen molar-refractivity contribution >= 4 is 18.4 Å². The Bertz CT molecular complexity index is 564. The molecule has 82 valence electrons. The average Bonchev–Trinajstić information content (AvgIpc) is 2.59. The highest BCUT2D eigenvalue weighted by Gasteiger charge is 2.06. The van der Waals surface area contributed by atoms with Gasteiger partial charge in [0.15, 0.2) is 0 Å². The van der Waals surface area contributed by atoms with E-state index < -0.39 is 0 Å². The number of aromatic nitrogens is 2. The molecule has 0 bridgehead atoms. The van der Waals surface area contributed by atoms with Crippen molar-refractivity contribution in [1.29, 1.82) is 0 Å². The molecule has 0 aliphatic heterocycles. The molecule has 16 heavy (non-hydrogen) atoms. The van der Waals surface area contributed by atoms with Crippen molar-refractivity contribution in [2.24, 2.45) is 4.99 Å². The summed E-state index contributed by atoms with van der Waals surface area (Å²) in [6.45, 7) is 1.99. The predicted octanol–water partition coefficient (Wildman–Crippen LogP) is 2.89. The van der Waals surface area contributed by atoms with Crippen LogP contribution >= 0.6 is 12.2 Å². The van der Waals surface area contributed by atoms with E-state index >= 15 is 0 Å². The lowest BCUT2D eigenvalue weighted by Gasteiger charge is -2.00. The second kappa shape index (κ2) is 4.45. The molecule has 1 heterocycles. The van der Waals surface area contributed by atoms with Gasteiger partial charge in [-0.1, -0.05) is 30.4 Å². The lowest BCUT2D eigenvalue weighted by atomic mass is 10.3. The zero-order chi connectivity index (χ0) is 11.5. The summed E-state index contributed by atoms with van der Waals surface area (Å²) in [5.74, 6) is 0. The molecule has 4 heteroatoms. The van der Waals surface area contributed by atoms with Crippen molar-refractivity contribution in [3.05, 3.63) is 46.2 Å². The van der Waals surface area contributed by atoms with E-state index in [0.29, 0.717) is 0 Å². The first-order chi connectivity index (χ1) is 7.74. The van der Waals surface area contributed by atoms with Gasteiger partial charge in [0.25, 0.3) is 0 Å². The normalized spacial score (nSPS) is 11.1. The Hall–Kier alpha value is -1.68. The molecule has 2 rings (SSSR count). The van der Waals surface area contributed by atoms with E-state index in [9.17, 15) is 0 Å². The van der Waals surface area contributed by atoms with Crippen LogP contribution in [0.4, 0.5) is 0 Å². The van der Waals surface area contributed by atoms with Crippen molar-refractivity contribution in [2.45, 2.75) is 6.92 Å². The number of aromatic amines is 1. The van der Waals surface area contributed by atoms with E-state index in [0.717, 1.165) is 21.6 Å². The van der Waals surface area contributed by atoms with Gasteiger partial charge in [-0.25, -0.2) is 4.68 Å². The molecule has 1 aromatic carbocycles. The maximum atomic E-state index is 5.40. The lowest BCUT2D eigenvalue weighted by molar-refractivity contribution is 0.853. The molecule has 0 aliphatic carbocycles. The highest BCUT2D eigenvalue weighted by Crippen LogP contribution is 2.12. The Morgan fingerprint density at radius 3 is 2.62 bits per heavy atom. The highest BCUT2D eigenvalue weighted by atomic mass is 32.1. The largest absolute Gasteiger partial charge is 0.297 e. The number of H-pyrrole nitrogens is 1. The fourth-order valence-electron chi connectivity index (χ4n) is 1.60. The van der Waals surface area contributed by atoms with Crippen LogP contribution in [0.1, 0.15) is 11.3 Å². The van der Waals surface area contributed by atoms with Crippen LogP contribution < -0.4 is 0 Å². The Labute approximate surface area is 99.4 Å². The number of benzene rings is 1. The van der Waals surface area contributed by atoms with Crippen LogP contribution in [0.5, 0.6) is 0 Å². The molecule has 1 N–H and O–H groups in total. The molecule has 0 saturated carbocycles. The molecule has 0 radical (unpaired) electrons. The summed E-state index contributed by atoms with van der Waals surface area (Å²) in [6.07, 6.45) is 1.79. The number of aliphatic imine (C=N–C) groups is 1. The van der Waals surface area contributed by atoms with E-state index in [1.165, 1.54) is 0 Å². The summed E-state index contributed by atoms with van der Waals surface area (Å²) in [5, 5.41) is 3.24. The van der Waals surface area contributed by atoms with Gasteiger partial charge in [-0.15, -0.1) is 0 Å².